The van der Waals surface area contributed by atoms with Crippen LogP contribution in [0.5, 0.6) is 0 Å². The van der Waals surface area contributed by atoms with Gasteiger partial charge in [0.05, 0.1) is 6.04 Å². The fourth-order valence-electron chi connectivity index (χ4n) is 1.65. The predicted octanol–water partition coefficient (Wildman–Crippen LogP) is 2.15. The van der Waals surface area contributed by atoms with Gasteiger partial charge in [0, 0.05) is 0 Å². The molecule has 94 valence electrons. The summed E-state index contributed by atoms with van der Waals surface area (Å²) in [6.45, 7) is 1.96. The molecule has 0 saturated heterocycles. The maximum Gasteiger partial charge on any atom is 0.171 e. The van der Waals surface area contributed by atoms with Gasteiger partial charge in [-0.25, -0.2) is 15.8 Å². The quantitative estimate of drug-likeness (QED) is 0.504. The van der Waals surface area contributed by atoms with Crippen molar-refractivity contribution in [2.75, 3.05) is 10.7 Å². The van der Waals surface area contributed by atoms with Gasteiger partial charge in [0.25, 0.3) is 0 Å². The standard InChI is InChI=1S/C12H14ClN5/c1-8(9-5-3-2-4-6-9)18(15)12-10(14)11(13)16-7-17-12/h2-8H,14-15H2,1H3. The molecule has 0 aliphatic rings. The number of aromatic nitrogens is 2. The van der Waals surface area contributed by atoms with Crippen LogP contribution in [0.15, 0.2) is 36.7 Å². The van der Waals surface area contributed by atoms with E-state index >= 15 is 0 Å². The summed E-state index contributed by atoms with van der Waals surface area (Å²) in [5.74, 6) is 6.47. The van der Waals surface area contributed by atoms with E-state index in [2.05, 4.69) is 9.97 Å². The second-order valence-corrected chi connectivity index (χ2v) is 4.25. The molecule has 1 aromatic carbocycles. The van der Waals surface area contributed by atoms with Crippen LogP contribution in [0.4, 0.5) is 11.5 Å². The zero-order valence-corrected chi connectivity index (χ0v) is 10.7. The molecule has 1 atom stereocenters. The van der Waals surface area contributed by atoms with Crippen molar-refractivity contribution in [1.29, 1.82) is 0 Å². The molecule has 0 spiro atoms. The number of nitrogens with two attached hydrogens (primary N) is 2. The van der Waals surface area contributed by atoms with E-state index in [1.54, 1.807) is 0 Å². The molecule has 5 nitrogen and oxygen atoms in total. The monoisotopic (exact) mass is 263 g/mol. The Morgan fingerprint density at radius 3 is 2.56 bits per heavy atom. The third-order valence-corrected chi connectivity index (χ3v) is 3.06. The first kappa shape index (κ1) is 12.6. The number of halogens is 1. The molecule has 0 fully saturated rings. The van der Waals surface area contributed by atoms with Gasteiger partial charge in [-0.05, 0) is 12.5 Å². The second kappa shape index (κ2) is 5.20. The van der Waals surface area contributed by atoms with Crippen LogP contribution < -0.4 is 16.6 Å². The lowest BCUT2D eigenvalue weighted by atomic mass is 10.1. The maximum atomic E-state index is 6.04. The number of nitrogen functional groups attached to an aromatic ring is 1. The number of anilines is 2. The molecule has 0 amide bonds. The number of rotatable bonds is 3. The minimum absolute atomic E-state index is 0.0699. The average Bonchev–Trinajstić information content (AvgIpc) is 2.41. The highest BCUT2D eigenvalue weighted by molar-refractivity contribution is 6.32. The molecule has 4 N–H and O–H groups in total. The lowest BCUT2D eigenvalue weighted by molar-refractivity contribution is 0.686. The predicted molar refractivity (Wildman–Crippen MR) is 73.0 cm³/mol. The largest absolute Gasteiger partial charge is 0.393 e. The Bertz CT molecular complexity index is 531. The van der Waals surface area contributed by atoms with Crippen molar-refractivity contribution in [3.63, 3.8) is 0 Å². The van der Waals surface area contributed by atoms with Crippen LogP contribution in [0.25, 0.3) is 0 Å². The van der Waals surface area contributed by atoms with Gasteiger partial charge in [-0.15, -0.1) is 0 Å². The minimum Gasteiger partial charge on any atom is -0.393 e. The average molecular weight is 264 g/mol. The van der Waals surface area contributed by atoms with E-state index in [-0.39, 0.29) is 16.9 Å². The number of hydrogen-bond acceptors (Lipinski definition) is 5. The highest BCUT2D eigenvalue weighted by Gasteiger charge is 2.18. The first-order chi connectivity index (χ1) is 8.61. The summed E-state index contributed by atoms with van der Waals surface area (Å²) in [6.07, 6.45) is 1.34. The molecular formula is C12H14ClN5. The van der Waals surface area contributed by atoms with Crippen molar-refractivity contribution in [1.82, 2.24) is 9.97 Å². The van der Waals surface area contributed by atoms with Crippen LogP contribution in [0, 0.1) is 0 Å². The molecule has 6 heteroatoms. The van der Waals surface area contributed by atoms with Crippen LogP contribution in [0.3, 0.4) is 0 Å². The van der Waals surface area contributed by atoms with Crippen molar-refractivity contribution in [3.8, 4) is 0 Å². The summed E-state index contributed by atoms with van der Waals surface area (Å²) in [4.78, 5) is 7.87. The van der Waals surface area contributed by atoms with Gasteiger partial charge in [-0.1, -0.05) is 41.9 Å². The summed E-state index contributed by atoms with van der Waals surface area (Å²) in [6, 6.07) is 9.77. The van der Waals surface area contributed by atoms with Crippen LogP contribution >= 0.6 is 11.6 Å². The molecule has 0 aliphatic carbocycles. The first-order valence-electron chi connectivity index (χ1n) is 5.46. The van der Waals surface area contributed by atoms with E-state index < -0.39 is 0 Å². The topological polar surface area (TPSA) is 81.1 Å². The Hall–Kier alpha value is -1.85. The number of hydrogen-bond donors (Lipinski definition) is 2. The van der Waals surface area contributed by atoms with E-state index in [1.807, 2.05) is 37.3 Å². The molecule has 18 heavy (non-hydrogen) atoms. The van der Waals surface area contributed by atoms with Gasteiger partial charge in [0.15, 0.2) is 11.0 Å². The van der Waals surface area contributed by atoms with Crippen molar-refractivity contribution in [2.24, 2.45) is 5.84 Å². The Morgan fingerprint density at radius 2 is 1.89 bits per heavy atom. The van der Waals surface area contributed by atoms with Crippen LogP contribution in [0.2, 0.25) is 5.15 Å². The number of nitrogens with zero attached hydrogens (tertiary/aromatic N) is 3. The lowest BCUT2D eigenvalue weighted by Crippen LogP contribution is -2.35. The van der Waals surface area contributed by atoms with E-state index in [9.17, 15) is 0 Å². The number of hydrazine groups is 1. The molecular weight excluding hydrogens is 250 g/mol. The third kappa shape index (κ3) is 2.37. The molecule has 0 saturated carbocycles. The van der Waals surface area contributed by atoms with Crippen molar-refractivity contribution in [3.05, 3.63) is 47.4 Å². The SMILES string of the molecule is CC(c1ccccc1)N(N)c1ncnc(Cl)c1N. The summed E-state index contributed by atoms with van der Waals surface area (Å²) in [5, 5.41) is 1.69. The van der Waals surface area contributed by atoms with E-state index in [1.165, 1.54) is 11.3 Å². The van der Waals surface area contributed by atoms with E-state index in [4.69, 9.17) is 23.2 Å². The van der Waals surface area contributed by atoms with Gasteiger partial charge in [-0.2, -0.15) is 0 Å². The van der Waals surface area contributed by atoms with Crippen molar-refractivity contribution < 1.29 is 0 Å². The zero-order chi connectivity index (χ0) is 13.1. The van der Waals surface area contributed by atoms with Crippen LogP contribution in [-0.2, 0) is 0 Å². The smallest absolute Gasteiger partial charge is 0.171 e. The Labute approximate surface area is 110 Å². The van der Waals surface area contributed by atoms with Crippen LogP contribution in [0.1, 0.15) is 18.5 Å². The molecule has 2 aromatic rings. The summed E-state index contributed by atoms with van der Waals surface area (Å²) < 4.78 is 0. The van der Waals surface area contributed by atoms with Crippen molar-refractivity contribution in [2.45, 2.75) is 13.0 Å². The van der Waals surface area contributed by atoms with Crippen LogP contribution in [-0.4, -0.2) is 9.97 Å². The Balaban J connectivity index is 2.31. The lowest BCUT2D eigenvalue weighted by Gasteiger charge is -2.26. The third-order valence-electron chi connectivity index (χ3n) is 2.76. The molecule has 1 unspecified atom stereocenters. The first-order valence-corrected chi connectivity index (χ1v) is 5.84. The van der Waals surface area contributed by atoms with Gasteiger partial charge in [0.1, 0.15) is 12.0 Å². The zero-order valence-electron chi connectivity index (χ0n) is 9.92. The molecule has 2 rings (SSSR count). The highest BCUT2D eigenvalue weighted by atomic mass is 35.5. The second-order valence-electron chi connectivity index (χ2n) is 3.90. The van der Waals surface area contributed by atoms with Crippen molar-refractivity contribution >= 4 is 23.1 Å². The normalized spacial score (nSPS) is 12.2. The van der Waals surface area contributed by atoms with E-state index in [0.717, 1.165) is 5.56 Å². The molecule has 0 radical (unpaired) electrons. The minimum atomic E-state index is -0.0699. The Morgan fingerprint density at radius 1 is 1.22 bits per heavy atom. The van der Waals surface area contributed by atoms with Gasteiger partial charge in [0.2, 0.25) is 0 Å². The maximum absolute atomic E-state index is 6.04. The molecule has 0 bridgehead atoms. The summed E-state index contributed by atoms with van der Waals surface area (Å²) in [7, 11) is 0. The highest BCUT2D eigenvalue weighted by Crippen LogP contribution is 2.29. The van der Waals surface area contributed by atoms with Gasteiger partial charge >= 0.3 is 0 Å². The number of benzene rings is 1. The van der Waals surface area contributed by atoms with Gasteiger partial charge in [-0.3, -0.25) is 5.01 Å². The molecule has 1 aromatic heterocycles. The van der Waals surface area contributed by atoms with Gasteiger partial charge < -0.3 is 5.73 Å². The molecule has 0 aliphatic heterocycles. The summed E-state index contributed by atoms with van der Waals surface area (Å²) in [5.41, 5.74) is 7.17. The summed E-state index contributed by atoms with van der Waals surface area (Å²) >= 11 is 5.85. The Kier molecular flexibility index (Phi) is 3.64. The molecule has 1 heterocycles. The fourth-order valence-corrected chi connectivity index (χ4v) is 1.78. The fraction of sp³-hybridized carbons (Fsp3) is 0.167. The van der Waals surface area contributed by atoms with E-state index in [0.29, 0.717) is 5.82 Å².